The Morgan fingerprint density at radius 2 is 2.07 bits per heavy atom. The molecule has 0 radical (unpaired) electrons. The molecule has 2 heterocycles. The highest BCUT2D eigenvalue weighted by molar-refractivity contribution is 7.98. The quantitative estimate of drug-likeness (QED) is 0.833. The number of hydrogen-bond donors (Lipinski definition) is 1. The van der Waals surface area contributed by atoms with Crippen LogP contribution in [0.4, 0.5) is 5.95 Å². The van der Waals surface area contributed by atoms with Gasteiger partial charge in [-0.3, -0.25) is 0 Å². The van der Waals surface area contributed by atoms with Crippen LogP contribution in [0.3, 0.4) is 0 Å². The molecule has 0 amide bonds. The van der Waals surface area contributed by atoms with E-state index in [-0.39, 0.29) is 11.2 Å². The summed E-state index contributed by atoms with van der Waals surface area (Å²) in [4.78, 5) is 11.3. The minimum Gasteiger partial charge on any atom is -0.416 e. The minimum atomic E-state index is 0.0289. The Morgan fingerprint density at radius 1 is 1.27 bits per heavy atom. The van der Waals surface area contributed by atoms with E-state index in [4.69, 9.17) is 21.8 Å². The van der Waals surface area contributed by atoms with Crippen LogP contribution < -0.4 is 5.73 Å². The molecular formula is C6H5ClN6OS. The van der Waals surface area contributed by atoms with Gasteiger partial charge in [-0.1, -0.05) is 0 Å². The van der Waals surface area contributed by atoms with E-state index in [1.54, 1.807) is 6.92 Å². The number of nitrogen functional groups attached to an aromatic ring is 1. The molecule has 0 saturated heterocycles. The van der Waals surface area contributed by atoms with Crippen molar-refractivity contribution in [2.75, 3.05) is 5.73 Å². The molecule has 0 aliphatic rings. The van der Waals surface area contributed by atoms with Crippen LogP contribution in [0, 0.1) is 6.92 Å². The number of halogens is 1. The molecule has 2 aromatic heterocycles. The molecule has 0 bridgehead atoms. The van der Waals surface area contributed by atoms with Crippen LogP contribution in [0.2, 0.25) is 5.28 Å². The minimum absolute atomic E-state index is 0.0289. The van der Waals surface area contributed by atoms with Crippen LogP contribution in [0.5, 0.6) is 0 Å². The SMILES string of the molecule is Cc1nnc(Sc2nc(N)nc(Cl)n2)o1. The molecule has 0 aliphatic carbocycles. The van der Waals surface area contributed by atoms with E-state index in [9.17, 15) is 0 Å². The standard InChI is InChI=1S/C6H5ClN6OS/c1-2-12-13-6(14-2)15-5-10-3(7)9-4(8)11-5/h1H3,(H2,8,9,10,11). The monoisotopic (exact) mass is 244 g/mol. The zero-order valence-corrected chi connectivity index (χ0v) is 9.08. The van der Waals surface area contributed by atoms with Crippen LogP contribution >= 0.6 is 23.4 Å². The maximum absolute atomic E-state index is 5.60. The number of aromatic nitrogens is 5. The Morgan fingerprint density at radius 3 is 2.67 bits per heavy atom. The van der Waals surface area contributed by atoms with Crippen molar-refractivity contribution in [2.45, 2.75) is 17.3 Å². The van der Waals surface area contributed by atoms with E-state index < -0.39 is 0 Å². The Hall–Kier alpha value is -1.41. The van der Waals surface area contributed by atoms with Crippen molar-refractivity contribution in [3.05, 3.63) is 11.2 Å². The highest BCUT2D eigenvalue weighted by Crippen LogP contribution is 2.23. The Bertz CT molecular complexity index is 468. The molecule has 78 valence electrons. The van der Waals surface area contributed by atoms with Crippen LogP contribution in [0.25, 0.3) is 0 Å². The maximum Gasteiger partial charge on any atom is 0.284 e. The zero-order chi connectivity index (χ0) is 10.8. The molecule has 9 heteroatoms. The molecule has 0 spiro atoms. The fourth-order valence-electron chi connectivity index (χ4n) is 0.790. The third kappa shape index (κ3) is 2.54. The van der Waals surface area contributed by atoms with Crippen molar-refractivity contribution in [1.82, 2.24) is 25.1 Å². The van der Waals surface area contributed by atoms with Gasteiger partial charge in [0.2, 0.25) is 22.3 Å². The van der Waals surface area contributed by atoms with Gasteiger partial charge in [0.15, 0.2) is 0 Å². The summed E-state index contributed by atoms with van der Waals surface area (Å²) in [6, 6.07) is 0. The second-order valence-corrected chi connectivity index (χ2v) is 3.69. The predicted molar refractivity (Wildman–Crippen MR) is 52.4 cm³/mol. The van der Waals surface area contributed by atoms with Crippen molar-refractivity contribution >= 4 is 29.3 Å². The average Bonchev–Trinajstić information content (AvgIpc) is 2.49. The zero-order valence-electron chi connectivity index (χ0n) is 7.51. The molecule has 15 heavy (non-hydrogen) atoms. The highest BCUT2D eigenvalue weighted by atomic mass is 35.5. The summed E-state index contributed by atoms with van der Waals surface area (Å²) in [5, 5.41) is 8.09. The number of anilines is 1. The van der Waals surface area contributed by atoms with E-state index in [1.807, 2.05) is 0 Å². The Labute approximate surface area is 93.5 Å². The van der Waals surface area contributed by atoms with Gasteiger partial charge in [-0.15, -0.1) is 10.2 Å². The average molecular weight is 245 g/mol. The van der Waals surface area contributed by atoms with E-state index in [0.717, 1.165) is 11.8 Å². The lowest BCUT2D eigenvalue weighted by Crippen LogP contribution is -1.98. The third-order valence-corrected chi connectivity index (χ3v) is 2.16. The summed E-state index contributed by atoms with van der Waals surface area (Å²) >= 11 is 6.67. The number of nitrogens with zero attached hydrogens (tertiary/aromatic N) is 5. The smallest absolute Gasteiger partial charge is 0.284 e. The first-order valence-electron chi connectivity index (χ1n) is 3.78. The summed E-state index contributed by atoms with van der Waals surface area (Å²) in [6.45, 7) is 1.69. The summed E-state index contributed by atoms with van der Waals surface area (Å²) < 4.78 is 5.12. The first kappa shape index (κ1) is 10.1. The van der Waals surface area contributed by atoms with Gasteiger partial charge >= 0.3 is 0 Å². The first-order valence-corrected chi connectivity index (χ1v) is 4.98. The number of nitrogens with two attached hydrogens (primary N) is 1. The lowest BCUT2D eigenvalue weighted by atomic mass is 10.8. The van der Waals surface area contributed by atoms with Crippen molar-refractivity contribution in [3.8, 4) is 0 Å². The molecule has 0 aliphatic heterocycles. The van der Waals surface area contributed by atoms with Crippen LogP contribution in [-0.2, 0) is 0 Å². The number of aryl methyl sites for hydroxylation is 1. The van der Waals surface area contributed by atoms with Crippen LogP contribution in [-0.4, -0.2) is 25.1 Å². The molecular weight excluding hydrogens is 240 g/mol. The van der Waals surface area contributed by atoms with Gasteiger partial charge in [-0.25, -0.2) is 0 Å². The Balaban J connectivity index is 2.24. The molecule has 0 aromatic carbocycles. The normalized spacial score (nSPS) is 10.5. The second-order valence-electron chi connectivity index (χ2n) is 2.43. The number of rotatable bonds is 2. The van der Waals surface area contributed by atoms with Gasteiger partial charge < -0.3 is 10.2 Å². The molecule has 0 saturated carbocycles. The van der Waals surface area contributed by atoms with E-state index in [2.05, 4.69) is 25.1 Å². The first-order chi connectivity index (χ1) is 7.13. The number of hydrogen-bond acceptors (Lipinski definition) is 8. The van der Waals surface area contributed by atoms with E-state index >= 15 is 0 Å². The van der Waals surface area contributed by atoms with E-state index in [0.29, 0.717) is 16.3 Å². The van der Waals surface area contributed by atoms with Crippen molar-refractivity contribution < 1.29 is 4.42 Å². The summed E-state index contributed by atoms with van der Waals surface area (Å²) in [5.41, 5.74) is 5.39. The van der Waals surface area contributed by atoms with Gasteiger partial charge in [-0.2, -0.15) is 15.0 Å². The van der Waals surface area contributed by atoms with Gasteiger partial charge in [0.1, 0.15) is 0 Å². The summed E-state index contributed by atoms with van der Waals surface area (Å²) in [5.74, 6) is 0.513. The maximum atomic E-state index is 5.60. The van der Waals surface area contributed by atoms with Crippen molar-refractivity contribution in [1.29, 1.82) is 0 Å². The molecule has 0 atom stereocenters. The molecule has 0 fully saturated rings. The lowest BCUT2D eigenvalue weighted by molar-refractivity contribution is 0.429. The van der Waals surface area contributed by atoms with Crippen molar-refractivity contribution in [2.24, 2.45) is 0 Å². The Kier molecular flexibility index (Phi) is 2.69. The summed E-state index contributed by atoms with van der Waals surface area (Å²) in [7, 11) is 0. The third-order valence-electron chi connectivity index (χ3n) is 1.29. The van der Waals surface area contributed by atoms with Gasteiger partial charge in [-0.05, 0) is 11.6 Å². The molecule has 2 aromatic rings. The van der Waals surface area contributed by atoms with Gasteiger partial charge in [0, 0.05) is 18.7 Å². The largest absolute Gasteiger partial charge is 0.416 e. The summed E-state index contributed by atoms with van der Waals surface area (Å²) in [6.07, 6.45) is 0. The lowest BCUT2D eigenvalue weighted by Gasteiger charge is -1.96. The van der Waals surface area contributed by atoms with Gasteiger partial charge in [0.25, 0.3) is 5.22 Å². The van der Waals surface area contributed by atoms with Crippen LogP contribution in [0.1, 0.15) is 5.89 Å². The van der Waals surface area contributed by atoms with Gasteiger partial charge in [0.05, 0.1) is 0 Å². The molecule has 2 rings (SSSR count). The predicted octanol–water partition coefficient (Wildman–Crippen LogP) is 0.950. The van der Waals surface area contributed by atoms with Crippen LogP contribution in [0.15, 0.2) is 14.8 Å². The fraction of sp³-hybridized carbons (Fsp3) is 0.167. The molecule has 0 unspecified atom stereocenters. The molecule has 2 N–H and O–H groups in total. The highest BCUT2D eigenvalue weighted by Gasteiger charge is 2.09. The fourth-order valence-corrected chi connectivity index (χ4v) is 1.68. The van der Waals surface area contributed by atoms with Crippen molar-refractivity contribution in [3.63, 3.8) is 0 Å². The van der Waals surface area contributed by atoms with E-state index in [1.165, 1.54) is 0 Å². The topological polar surface area (TPSA) is 104 Å². The molecule has 7 nitrogen and oxygen atoms in total. The second kappa shape index (κ2) is 3.99.